The molecule has 0 bridgehead atoms. The lowest BCUT2D eigenvalue weighted by Gasteiger charge is -2.41. The minimum absolute atomic E-state index is 0.290. The number of hydrogen-bond acceptors (Lipinski definition) is 6. The molecular weight excluding hydrogens is 338 g/mol. The molecule has 0 unspecified atom stereocenters. The van der Waals surface area contributed by atoms with Gasteiger partial charge in [0, 0.05) is 18.8 Å². The zero-order chi connectivity index (χ0) is 19.4. The molecule has 2 N–H and O–H groups in total. The van der Waals surface area contributed by atoms with E-state index < -0.39 is 0 Å². The fourth-order valence-corrected chi connectivity index (χ4v) is 3.63. The smallest absolute Gasteiger partial charge is 0.224 e. The highest BCUT2D eigenvalue weighted by atomic mass is 15.3. The Kier molecular flexibility index (Phi) is 5.64. The van der Waals surface area contributed by atoms with E-state index in [1.54, 1.807) is 6.20 Å². The number of nitrogens with zero attached hydrogens (tertiary/aromatic N) is 5. The first-order valence-corrected chi connectivity index (χ1v) is 9.65. The summed E-state index contributed by atoms with van der Waals surface area (Å²) in [7, 11) is 0. The molecule has 1 fully saturated rings. The Bertz CT molecular complexity index is 818. The van der Waals surface area contributed by atoms with Crippen molar-refractivity contribution in [1.29, 1.82) is 5.26 Å². The van der Waals surface area contributed by atoms with Crippen LogP contribution in [0.4, 0.5) is 11.8 Å². The minimum atomic E-state index is 0.290. The predicted molar refractivity (Wildman–Crippen MR) is 106 cm³/mol. The number of nitrogens with one attached hydrogen (secondary N) is 2. The zero-order valence-electron chi connectivity index (χ0n) is 16.7. The largest absolute Gasteiger partial charge is 0.366 e. The average Bonchev–Trinajstić information content (AvgIpc) is 3.03. The van der Waals surface area contributed by atoms with Crippen LogP contribution in [-0.2, 0) is 6.54 Å². The maximum atomic E-state index is 9.41. The van der Waals surface area contributed by atoms with Crippen LogP contribution in [0.25, 0.3) is 0 Å². The number of rotatable bonds is 6. The van der Waals surface area contributed by atoms with Crippen molar-refractivity contribution in [1.82, 2.24) is 19.7 Å². The van der Waals surface area contributed by atoms with Crippen molar-refractivity contribution >= 4 is 11.8 Å². The van der Waals surface area contributed by atoms with Gasteiger partial charge in [0.05, 0.1) is 18.4 Å². The summed E-state index contributed by atoms with van der Waals surface area (Å²) in [6, 6.07) is 4.51. The summed E-state index contributed by atoms with van der Waals surface area (Å²) in [5.74, 6) is 1.86. The Morgan fingerprint density at radius 1 is 1.37 bits per heavy atom. The van der Waals surface area contributed by atoms with Gasteiger partial charge in [-0.15, -0.1) is 0 Å². The molecule has 144 valence electrons. The average molecular weight is 368 g/mol. The van der Waals surface area contributed by atoms with Crippen molar-refractivity contribution in [3.8, 4) is 6.07 Å². The number of aryl methyl sites for hydroxylation is 1. The molecule has 2 aromatic heterocycles. The van der Waals surface area contributed by atoms with E-state index in [9.17, 15) is 5.26 Å². The summed E-state index contributed by atoms with van der Waals surface area (Å²) >= 11 is 0. The third kappa shape index (κ3) is 4.76. The van der Waals surface area contributed by atoms with Crippen molar-refractivity contribution < 1.29 is 0 Å². The van der Waals surface area contributed by atoms with Crippen LogP contribution in [0.5, 0.6) is 0 Å². The van der Waals surface area contributed by atoms with Gasteiger partial charge in [-0.2, -0.15) is 15.3 Å². The molecule has 0 amide bonds. The predicted octanol–water partition coefficient (Wildman–Crippen LogP) is 3.59. The molecule has 0 aliphatic heterocycles. The highest BCUT2D eigenvalue weighted by molar-refractivity contribution is 5.54. The number of hydrogen-bond donors (Lipinski definition) is 2. The standard InChI is InChI=1S/C20H29N7/c1-14-5-6-17(11-20(14,3)4)24-18-16(12-21)13-23-19(25-18)22-8-10-27-9-7-15(2)26-27/h7,9,13-14,17H,5-6,8,10-11H2,1-4H3,(H2,22,23,24,25)/t14-,17+/m0/s1. The summed E-state index contributed by atoms with van der Waals surface area (Å²) in [5, 5.41) is 20.5. The Hall–Kier alpha value is -2.62. The first-order valence-electron chi connectivity index (χ1n) is 9.65. The van der Waals surface area contributed by atoms with Crippen molar-refractivity contribution in [2.45, 2.75) is 59.5 Å². The molecule has 3 rings (SSSR count). The van der Waals surface area contributed by atoms with Crippen LogP contribution in [0.3, 0.4) is 0 Å². The molecule has 0 radical (unpaired) electrons. The molecule has 2 aromatic rings. The summed E-state index contributed by atoms with van der Waals surface area (Å²) in [6.45, 7) is 10.3. The van der Waals surface area contributed by atoms with Gasteiger partial charge in [-0.25, -0.2) is 4.98 Å². The van der Waals surface area contributed by atoms with Gasteiger partial charge >= 0.3 is 0 Å². The topological polar surface area (TPSA) is 91.5 Å². The van der Waals surface area contributed by atoms with E-state index in [2.05, 4.69) is 52.5 Å². The fraction of sp³-hybridized carbons (Fsp3) is 0.600. The Morgan fingerprint density at radius 2 is 2.19 bits per heavy atom. The van der Waals surface area contributed by atoms with E-state index in [4.69, 9.17) is 0 Å². The van der Waals surface area contributed by atoms with Gasteiger partial charge in [0.15, 0.2) is 0 Å². The van der Waals surface area contributed by atoms with Gasteiger partial charge in [-0.1, -0.05) is 20.8 Å². The van der Waals surface area contributed by atoms with Crippen LogP contribution < -0.4 is 10.6 Å². The van der Waals surface area contributed by atoms with Gasteiger partial charge in [0.25, 0.3) is 0 Å². The maximum Gasteiger partial charge on any atom is 0.224 e. The van der Waals surface area contributed by atoms with Gasteiger partial charge in [-0.3, -0.25) is 4.68 Å². The normalized spacial score (nSPS) is 21.4. The molecule has 1 saturated carbocycles. The van der Waals surface area contributed by atoms with E-state index in [0.29, 0.717) is 41.2 Å². The van der Waals surface area contributed by atoms with Crippen LogP contribution in [0, 0.1) is 29.6 Å². The first kappa shape index (κ1) is 19.2. The zero-order valence-corrected chi connectivity index (χ0v) is 16.7. The fourth-order valence-electron chi connectivity index (χ4n) is 3.63. The lowest BCUT2D eigenvalue weighted by atomic mass is 9.68. The van der Waals surface area contributed by atoms with Crippen molar-refractivity contribution in [3.05, 3.63) is 29.7 Å². The molecule has 2 atom stereocenters. The summed E-state index contributed by atoms with van der Waals surface area (Å²) in [6.07, 6.45) is 6.90. The second-order valence-corrected chi connectivity index (χ2v) is 8.23. The Labute approximate surface area is 161 Å². The van der Waals surface area contributed by atoms with E-state index in [-0.39, 0.29) is 0 Å². The minimum Gasteiger partial charge on any atom is -0.366 e. The molecule has 0 saturated heterocycles. The molecule has 0 aromatic carbocycles. The van der Waals surface area contributed by atoms with Gasteiger partial charge in [0.1, 0.15) is 17.5 Å². The van der Waals surface area contributed by atoms with E-state index in [1.165, 1.54) is 6.42 Å². The van der Waals surface area contributed by atoms with Gasteiger partial charge < -0.3 is 10.6 Å². The van der Waals surface area contributed by atoms with E-state index in [1.807, 2.05) is 23.9 Å². The Balaban J connectivity index is 1.64. The summed E-state index contributed by atoms with van der Waals surface area (Å²) in [4.78, 5) is 8.82. The van der Waals surface area contributed by atoms with Crippen LogP contribution in [-0.4, -0.2) is 32.3 Å². The van der Waals surface area contributed by atoms with E-state index in [0.717, 1.165) is 25.1 Å². The molecule has 1 aliphatic carbocycles. The quantitative estimate of drug-likeness (QED) is 0.811. The van der Waals surface area contributed by atoms with Crippen molar-refractivity contribution in [3.63, 3.8) is 0 Å². The van der Waals surface area contributed by atoms with Crippen LogP contribution in [0.2, 0.25) is 0 Å². The van der Waals surface area contributed by atoms with Gasteiger partial charge in [0.2, 0.25) is 5.95 Å². The number of aromatic nitrogens is 4. The number of anilines is 2. The van der Waals surface area contributed by atoms with Gasteiger partial charge in [-0.05, 0) is 43.6 Å². The third-order valence-electron chi connectivity index (χ3n) is 5.70. The van der Waals surface area contributed by atoms with Crippen LogP contribution >= 0.6 is 0 Å². The molecule has 1 aliphatic rings. The van der Waals surface area contributed by atoms with Crippen LogP contribution in [0.15, 0.2) is 18.5 Å². The number of nitriles is 1. The molecular formula is C20H29N7. The van der Waals surface area contributed by atoms with Crippen molar-refractivity contribution in [2.75, 3.05) is 17.2 Å². The second kappa shape index (κ2) is 7.95. The third-order valence-corrected chi connectivity index (χ3v) is 5.70. The SMILES string of the molecule is Cc1ccn(CCNc2ncc(C#N)c(N[C@@H]3CC[C@H](C)C(C)(C)C3)n2)n1. The summed E-state index contributed by atoms with van der Waals surface area (Å²) < 4.78 is 1.89. The first-order chi connectivity index (χ1) is 12.9. The lowest BCUT2D eigenvalue weighted by Crippen LogP contribution is -2.37. The molecule has 0 spiro atoms. The summed E-state index contributed by atoms with van der Waals surface area (Å²) in [5.41, 5.74) is 1.78. The molecule has 7 heteroatoms. The van der Waals surface area contributed by atoms with Crippen molar-refractivity contribution in [2.24, 2.45) is 11.3 Å². The molecule has 7 nitrogen and oxygen atoms in total. The maximum absolute atomic E-state index is 9.41. The van der Waals surface area contributed by atoms with E-state index >= 15 is 0 Å². The van der Waals surface area contributed by atoms with Crippen LogP contribution in [0.1, 0.15) is 51.3 Å². The lowest BCUT2D eigenvalue weighted by molar-refractivity contribution is 0.143. The highest BCUT2D eigenvalue weighted by Gasteiger charge is 2.34. The Morgan fingerprint density at radius 3 is 2.85 bits per heavy atom. The molecule has 2 heterocycles. The molecule has 27 heavy (non-hydrogen) atoms. The second-order valence-electron chi connectivity index (χ2n) is 8.23. The monoisotopic (exact) mass is 367 g/mol. The highest BCUT2D eigenvalue weighted by Crippen LogP contribution is 2.41.